The predicted molar refractivity (Wildman–Crippen MR) is 63.5 cm³/mol. The molecule has 2 aromatic rings. The first kappa shape index (κ1) is 10.8. The number of hydrogen-bond acceptors (Lipinski definition) is 3. The highest BCUT2D eigenvalue weighted by Crippen LogP contribution is 2.09. The minimum Gasteiger partial charge on any atom is -0.313 e. The van der Waals surface area contributed by atoms with Gasteiger partial charge in [0, 0.05) is 24.6 Å². The second kappa shape index (κ2) is 4.90. The van der Waals surface area contributed by atoms with Crippen molar-refractivity contribution in [2.24, 2.45) is 0 Å². The van der Waals surface area contributed by atoms with Crippen molar-refractivity contribution in [3.05, 3.63) is 41.9 Å². The van der Waals surface area contributed by atoms with E-state index in [1.807, 2.05) is 25.3 Å². The molecule has 0 unspecified atom stereocenters. The monoisotopic (exact) mass is 216 g/mol. The molecule has 0 aliphatic heterocycles. The van der Waals surface area contributed by atoms with Crippen LogP contribution in [0.25, 0.3) is 5.82 Å². The molecule has 4 nitrogen and oxygen atoms in total. The van der Waals surface area contributed by atoms with E-state index in [0.29, 0.717) is 0 Å². The molecule has 2 aromatic heterocycles. The number of pyridine rings is 1. The van der Waals surface area contributed by atoms with Gasteiger partial charge >= 0.3 is 0 Å². The Kier molecular flexibility index (Phi) is 3.31. The van der Waals surface area contributed by atoms with E-state index in [2.05, 4.69) is 28.4 Å². The van der Waals surface area contributed by atoms with Gasteiger partial charge in [-0.2, -0.15) is 5.10 Å². The van der Waals surface area contributed by atoms with Crippen LogP contribution >= 0.6 is 0 Å². The Hall–Kier alpha value is -1.68. The SMILES string of the molecule is CCNCc1ccc(-n2cccn2)nc1C. The second-order valence-electron chi connectivity index (χ2n) is 3.64. The average molecular weight is 216 g/mol. The van der Waals surface area contributed by atoms with Gasteiger partial charge in [-0.25, -0.2) is 9.67 Å². The van der Waals surface area contributed by atoms with Crippen molar-refractivity contribution in [1.29, 1.82) is 0 Å². The number of hydrogen-bond donors (Lipinski definition) is 1. The van der Waals surface area contributed by atoms with Crippen LogP contribution in [0, 0.1) is 6.92 Å². The maximum Gasteiger partial charge on any atom is 0.153 e. The van der Waals surface area contributed by atoms with Gasteiger partial charge in [0.25, 0.3) is 0 Å². The van der Waals surface area contributed by atoms with Gasteiger partial charge in [0.15, 0.2) is 5.82 Å². The van der Waals surface area contributed by atoms with Crippen LogP contribution in [0.3, 0.4) is 0 Å². The van der Waals surface area contributed by atoms with E-state index in [-0.39, 0.29) is 0 Å². The van der Waals surface area contributed by atoms with Crippen LogP contribution in [-0.2, 0) is 6.54 Å². The molecule has 0 saturated carbocycles. The number of rotatable bonds is 4. The molecule has 0 saturated heterocycles. The summed E-state index contributed by atoms with van der Waals surface area (Å²) < 4.78 is 1.77. The summed E-state index contributed by atoms with van der Waals surface area (Å²) in [5.74, 6) is 0.864. The molecule has 0 spiro atoms. The lowest BCUT2D eigenvalue weighted by atomic mass is 10.2. The number of nitrogens with one attached hydrogen (secondary N) is 1. The van der Waals surface area contributed by atoms with E-state index in [9.17, 15) is 0 Å². The van der Waals surface area contributed by atoms with Gasteiger partial charge in [0.2, 0.25) is 0 Å². The average Bonchev–Trinajstić information content (AvgIpc) is 2.81. The fourth-order valence-corrected chi connectivity index (χ4v) is 1.56. The third kappa shape index (κ3) is 2.28. The van der Waals surface area contributed by atoms with E-state index in [4.69, 9.17) is 0 Å². The highest BCUT2D eigenvalue weighted by atomic mass is 15.3. The van der Waals surface area contributed by atoms with E-state index in [0.717, 1.165) is 24.6 Å². The first-order chi connectivity index (χ1) is 7.81. The molecule has 84 valence electrons. The van der Waals surface area contributed by atoms with Crippen LogP contribution in [0.15, 0.2) is 30.6 Å². The number of aromatic nitrogens is 3. The van der Waals surface area contributed by atoms with Gasteiger partial charge in [-0.05, 0) is 31.2 Å². The molecule has 0 amide bonds. The van der Waals surface area contributed by atoms with Crippen LogP contribution in [0.2, 0.25) is 0 Å². The van der Waals surface area contributed by atoms with E-state index < -0.39 is 0 Å². The quantitative estimate of drug-likeness (QED) is 0.845. The summed E-state index contributed by atoms with van der Waals surface area (Å²) >= 11 is 0. The summed E-state index contributed by atoms with van der Waals surface area (Å²) in [4.78, 5) is 4.53. The van der Waals surface area contributed by atoms with E-state index in [1.54, 1.807) is 10.9 Å². The minimum atomic E-state index is 0.864. The second-order valence-corrected chi connectivity index (χ2v) is 3.64. The smallest absolute Gasteiger partial charge is 0.153 e. The zero-order valence-corrected chi connectivity index (χ0v) is 9.64. The summed E-state index contributed by atoms with van der Waals surface area (Å²) in [6.45, 7) is 5.97. The molecule has 0 aliphatic carbocycles. The lowest BCUT2D eigenvalue weighted by Gasteiger charge is -2.07. The highest BCUT2D eigenvalue weighted by Gasteiger charge is 2.02. The number of aryl methyl sites for hydroxylation is 1. The molecule has 0 bridgehead atoms. The molecule has 2 heterocycles. The largest absolute Gasteiger partial charge is 0.313 e. The van der Waals surface area contributed by atoms with Crippen molar-refractivity contribution in [2.75, 3.05) is 6.54 Å². The molecular weight excluding hydrogens is 200 g/mol. The van der Waals surface area contributed by atoms with Crippen molar-refractivity contribution in [3.63, 3.8) is 0 Å². The maximum atomic E-state index is 4.53. The summed E-state index contributed by atoms with van der Waals surface area (Å²) in [5, 5.41) is 7.46. The van der Waals surface area contributed by atoms with Crippen molar-refractivity contribution >= 4 is 0 Å². The van der Waals surface area contributed by atoms with Crippen molar-refractivity contribution in [1.82, 2.24) is 20.1 Å². The standard InChI is InChI=1S/C12H16N4/c1-3-13-9-11-5-6-12(15-10(11)2)16-8-4-7-14-16/h4-8,13H,3,9H2,1-2H3. The van der Waals surface area contributed by atoms with Crippen LogP contribution in [0.4, 0.5) is 0 Å². The molecule has 0 radical (unpaired) electrons. The molecule has 2 rings (SSSR count). The Morgan fingerprint density at radius 1 is 1.38 bits per heavy atom. The fourth-order valence-electron chi connectivity index (χ4n) is 1.56. The zero-order valence-electron chi connectivity index (χ0n) is 9.64. The third-order valence-corrected chi connectivity index (χ3v) is 2.49. The minimum absolute atomic E-state index is 0.864. The Morgan fingerprint density at radius 2 is 2.25 bits per heavy atom. The highest BCUT2D eigenvalue weighted by molar-refractivity contribution is 5.29. The third-order valence-electron chi connectivity index (χ3n) is 2.49. The Bertz CT molecular complexity index is 448. The predicted octanol–water partition coefficient (Wildman–Crippen LogP) is 1.69. The molecule has 0 fully saturated rings. The molecule has 4 heteroatoms. The number of nitrogens with zero attached hydrogens (tertiary/aromatic N) is 3. The molecular formula is C12H16N4. The van der Waals surface area contributed by atoms with Crippen molar-refractivity contribution in [3.8, 4) is 5.82 Å². The normalized spacial score (nSPS) is 10.6. The van der Waals surface area contributed by atoms with Crippen LogP contribution in [0.1, 0.15) is 18.2 Å². The summed E-state index contributed by atoms with van der Waals surface area (Å²) in [6.07, 6.45) is 3.65. The Balaban J connectivity index is 2.23. The topological polar surface area (TPSA) is 42.7 Å². The zero-order chi connectivity index (χ0) is 11.4. The van der Waals surface area contributed by atoms with Gasteiger partial charge in [-0.15, -0.1) is 0 Å². The van der Waals surface area contributed by atoms with E-state index >= 15 is 0 Å². The lowest BCUT2D eigenvalue weighted by Crippen LogP contribution is -2.13. The lowest BCUT2D eigenvalue weighted by molar-refractivity contribution is 0.717. The molecule has 1 N–H and O–H groups in total. The van der Waals surface area contributed by atoms with Gasteiger partial charge in [-0.1, -0.05) is 13.0 Å². The van der Waals surface area contributed by atoms with Gasteiger partial charge < -0.3 is 5.32 Å². The maximum absolute atomic E-state index is 4.53. The first-order valence-electron chi connectivity index (χ1n) is 5.48. The summed E-state index contributed by atoms with van der Waals surface area (Å²) in [5.41, 5.74) is 2.28. The van der Waals surface area contributed by atoms with Crippen LogP contribution in [-0.4, -0.2) is 21.3 Å². The molecule has 16 heavy (non-hydrogen) atoms. The molecule has 0 aromatic carbocycles. The van der Waals surface area contributed by atoms with Crippen LogP contribution < -0.4 is 5.32 Å². The van der Waals surface area contributed by atoms with Crippen molar-refractivity contribution in [2.45, 2.75) is 20.4 Å². The van der Waals surface area contributed by atoms with Gasteiger partial charge in [-0.3, -0.25) is 0 Å². The summed E-state index contributed by atoms with van der Waals surface area (Å²) in [6, 6.07) is 5.98. The van der Waals surface area contributed by atoms with E-state index in [1.165, 1.54) is 5.56 Å². The summed E-state index contributed by atoms with van der Waals surface area (Å²) in [7, 11) is 0. The fraction of sp³-hybridized carbons (Fsp3) is 0.333. The Labute approximate surface area is 95.3 Å². The molecule has 0 atom stereocenters. The Morgan fingerprint density at radius 3 is 2.88 bits per heavy atom. The van der Waals surface area contributed by atoms with Crippen molar-refractivity contribution < 1.29 is 0 Å². The van der Waals surface area contributed by atoms with Crippen LogP contribution in [0.5, 0.6) is 0 Å². The molecule has 0 aliphatic rings. The first-order valence-corrected chi connectivity index (χ1v) is 5.48. The van der Waals surface area contributed by atoms with Gasteiger partial charge in [0.05, 0.1) is 0 Å². The van der Waals surface area contributed by atoms with Gasteiger partial charge in [0.1, 0.15) is 0 Å².